The molecule has 2 rings (SSSR count). The molecule has 0 amide bonds. The number of hydrogen-bond donors (Lipinski definition) is 1. The maximum absolute atomic E-state index is 12.4. The Labute approximate surface area is 156 Å². The molecule has 0 aliphatic rings. The standard InChI is InChI=1S/C18H18N2O6S/c1-3-10-19-27(24,25)17-9-5-7-15(12-17)18(21)26-13(2)14-6-4-8-16(11-14)20(22)23/h3-9,11-13,19H,1,10H2,2H3/t13-/m0/s1. The molecule has 0 heterocycles. The van der Waals surface area contributed by atoms with E-state index in [0.29, 0.717) is 5.56 Å². The van der Waals surface area contributed by atoms with Crippen molar-refractivity contribution in [3.05, 3.63) is 82.4 Å². The average Bonchev–Trinajstić information content (AvgIpc) is 2.66. The van der Waals surface area contributed by atoms with Gasteiger partial charge in [-0.25, -0.2) is 17.9 Å². The Morgan fingerprint density at radius 2 is 2.00 bits per heavy atom. The zero-order chi connectivity index (χ0) is 20.0. The molecule has 142 valence electrons. The van der Waals surface area contributed by atoms with Gasteiger partial charge in [0.1, 0.15) is 6.10 Å². The van der Waals surface area contributed by atoms with Crippen molar-refractivity contribution in [2.24, 2.45) is 0 Å². The van der Waals surface area contributed by atoms with Crippen LogP contribution >= 0.6 is 0 Å². The Morgan fingerprint density at radius 1 is 1.30 bits per heavy atom. The molecular weight excluding hydrogens is 372 g/mol. The predicted molar refractivity (Wildman–Crippen MR) is 98.8 cm³/mol. The molecule has 1 N–H and O–H groups in total. The Kier molecular flexibility index (Phi) is 6.43. The second kappa shape index (κ2) is 8.56. The molecule has 0 radical (unpaired) electrons. The van der Waals surface area contributed by atoms with Crippen LogP contribution in [0.2, 0.25) is 0 Å². The first-order chi connectivity index (χ1) is 12.7. The fraction of sp³-hybridized carbons (Fsp3) is 0.167. The van der Waals surface area contributed by atoms with Crippen molar-refractivity contribution in [3.63, 3.8) is 0 Å². The van der Waals surface area contributed by atoms with Gasteiger partial charge in [-0.2, -0.15) is 0 Å². The van der Waals surface area contributed by atoms with Crippen LogP contribution in [-0.2, 0) is 14.8 Å². The van der Waals surface area contributed by atoms with Crippen molar-refractivity contribution in [1.82, 2.24) is 4.72 Å². The van der Waals surface area contributed by atoms with Crippen molar-refractivity contribution in [2.75, 3.05) is 6.54 Å². The number of hydrogen-bond acceptors (Lipinski definition) is 6. The second-order valence-electron chi connectivity index (χ2n) is 5.57. The summed E-state index contributed by atoms with van der Waals surface area (Å²) in [7, 11) is -3.78. The maximum atomic E-state index is 12.4. The van der Waals surface area contributed by atoms with E-state index in [1.54, 1.807) is 13.0 Å². The lowest BCUT2D eigenvalue weighted by Crippen LogP contribution is -2.24. The van der Waals surface area contributed by atoms with Crippen LogP contribution in [0.1, 0.15) is 28.9 Å². The van der Waals surface area contributed by atoms with Gasteiger partial charge in [-0.1, -0.05) is 24.3 Å². The van der Waals surface area contributed by atoms with E-state index in [9.17, 15) is 23.3 Å². The summed E-state index contributed by atoms with van der Waals surface area (Å²) in [6.07, 6.45) is 0.646. The summed E-state index contributed by atoms with van der Waals surface area (Å²) in [4.78, 5) is 22.6. The van der Waals surface area contributed by atoms with Gasteiger partial charge in [0.25, 0.3) is 5.69 Å². The summed E-state index contributed by atoms with van der Waals surface area (Å²) in [6, 6.07) is 11.2. The number of sulfonamides is 1. The highest BCUT2D eigenvalue weighted by Crippen LogP contribution is 2.23. The van der Waals surface area contributed by atoms with Crippen LogP contribution in [0.15, 0.2) is 66.1 Å². The smallest absolute Gasteiger partial charge is 0.338 e. The molecule has 2 aromatic rings. The fourth-order valence-corrected chi connectivity index (χ4v) is 3.27. The molecule has 0 saturated carbocycles. The summed E-state index contributed by atoms with van der Waals surface area (Å²) < 4.78 is 31.9. The number of rotatable bonds is 8. The lowest BCUT2D eigenvalue weighted by Gasteiger charge is -2.14. The van der Waals surface area contributed by atoms with Crippen LogP contribution in [0.5, 0.6) is 0 Å². The van der Waals surface area contributed by atoms with E-state index in [1.165, 1.54) is 48.5 Å². The number of carbonyl (C=O) groups excluding carboxylic acids is 1. The Hall–Kier alpha value is -3.04. The van der Waals surface area contributed by atoms with Gasteiger partial charge in [0, 0.05) is 18.7 Å². The molecule has 1 atom stereocenters. The normalized spacial score (nSPS) is 12.2. The lowest BCUT2D eigenvalue weighted by atomic mass is 10.1. The van der Waals surface area contributed by atoms with Crippen LogP contribution in [0, 0.1) is 10.1 Å². The van der Waals surface area contributed by atoms with Crippen molar-refractivity contribution >= 4 is 21.7 Å². The Morgan fingerprint density at radius 3 is 2.67 bits per heavy atom. The van der Waals surface area contributed by atoms with Gasteiger partial charge in [-0.3, -0.25) is 10.1 Å². The first-order valence-electron chi connectivity index (χ1n) is 7.90. The Bertz CT molecular complexity index is 971. The van der Waals surface area contributed by atoms with Gasteiger partial charge < -0.3 is 4.74 Å². The highest BCUT2D eigenvalue weighted by atomic mass is 32.2. The third-order valence-corrected chi connectivity index (χ3v) is 5.05. The van der Waals surface area contributed by atoms with Crippen molar-refractivity contribution in [2.45, 2.75) is 17.9 Å². The summed E-state index contributed by atoms with van der Waals surface area (Å²) in [5, 5.41) is 10.9. The molecule has 0 aliphatic heterocycles. The van der Waals surface area contributed by atoms with Gasteiger partial charge in [0.15, 0.2) is 0 Å². The van der Waals surface area contributed by atoms with E-state index >= 15 is 0 Å². The summed E-state index contributed by atoms with van der Waals surface area (Å²) in [6.45, 7) is 5.07. The number of nitro benzene ring substituents is 1. The van der Waals surface area contributed by atoms with E-state index in [-0.39, 0.29) is 22.7 Å². The molecular formula is C18H18N2O6S. The van der Waals surface area contributed by atoms with Gasteiger partial charge in [0.05, 0.1) is 15.4 Å². The number of esters is 1. The van der Waals surface area contributed by atoms with Crippen LogP contribution < -0.4 is 4.72 Å². The highest BCUT2D eigenvalue weighted by Gasteiger charge is 2.19. The number of non-ortho nitro benzene ring substituents is 1. The molecule has 0 aliphatic carbocycles. The van der Waals surface area contributed by atoms with Crippen molar-refractivity contribution < 1.29 is 22.9 Å². The van der Waals surface area contributed by atoms with Gasteiger partial charge >= 0.3 is 5.97 Å². The monoisotopic (exact) mass is 390 g/mol. The summed E-state index contributed by atoms with van der Waals surface area (Å²) in [5.41, 5.74) is 0.388. The fourth-order valence-electron chi connectivity index (χ4n) is 2.23. The molecule has 0 aromatic heterocycles. The largest absolute Gasteiger partial charge is 0.454 e. The number of carbonyl (C=O) groups is 1. The molecule has 0 spiro atoms. The van der Waals surface area contributed by atoms with Crippen LogP contribution in [0.25, 0.3) is 0 Å². The minimum atomic E-state index is -3.78. The minimum absolute atomic E-state index is 0.0498. The SMILES string of the molecule is C=CCNS(=O)(=O)c1cccc(C(=O)O[C@@H](C)c2cccc([N+](=O)[O-])c2)c1. The molecule has 27 heavy (non-hydrogen) atoms. The number of ether oxygens (including phenoxy) is 1. The molecule has 0 unspecified atom stereocenters. The highest BCUT2D eigenvalue weighted by molar-refractivity contribution is 7.89. The van der Waals surface area contributed by atoms with E-state index in [2.05, 4.69) is 11.3 Å². The molecule has 2 aromatic carbocycles. The van der Waals surface area contributed by atoms with Crippen molar-refractivity contribution in [1.29, 1.82) is 0 Å². The van der Waals surface area contributed by atoms with E-state index < -0.39 is 27.0 Å². The van der Waals surface area contributed by atoms with Crippen molar-refractivity contribution in [3.8, 4) is 0 Å². The summed E-state index contributed by atoms with van der Waals surface area (Å²) >= 11 is 0. The number of nitrogens with one attached hydrogen (secondary N) is 1. The third kappa shape index (κ3) is 5.22. The van der Waals surface area contributed by atoms with Gasteiger partial charge in [-0.15, -0.1) is 6.58 Å². The first-order valence-corrected chi connectivity index (χ1v) is 9.39. The molecule has 9 heteroatoms. The van der Waals surface area contributed by atoms with Gasteiger partial charge in [-0.05, 0) is 30.7 Å². The minimum Gasteiger partial charge on any atom is -0.454 e. The van der Waals surface area contributed by atoms with Crippen LogP contribution in [-0.4, -0.2) is 25.9 Å². The van der Waals surface area contributed by atoms with Crippen LogP contribution in [0.3, 0.4) is 0 Å². The summed E-state index contributed by atoms with van der Waals surface area (Å²) in [5.74, 6) is -0.741. The average molecular weight is 390 g/mol. The number of nitro groups is 1. The zero-order valence-corrected chi connectivity index (χ0v) is 15.3. The zero-order valence-electron chi connectivity index (χ0n) is 14.5. The maximum Gasteiger partial charge on any atom is 0.338 e. The van der Waals surface area contributed by atoms with E-state index in [1.807, 2.05) is 0 Å². The topological polar surface area (TPSA) is 116 Å². The molecule has 8 nitrogen and oxygen atoms in total. The molecule has 0 fully saturated rings. The number of nitrogens with zero attached hydrogens (tertiary/aromatic N) is 1. The van der Waals surface area contributed by atoms with E-state index in [4.69, 9.17) is 4.74 Å². The molecule has 0 bridgehead atoms. The van der Waals surface area contributed by atoms with E-state index in [0.717, 1.165) is 0 Å². The first kappa shape index (κ1) is 20.3. The second-order valence-corrected chi connectivity index (χ2v) is 7.33. The molecule has 0 saturated heterocycles. The lowest BCUT2D eigenvalue weighted by molar-refractivity contribution is -0.385. The number of benzene rings is 2. The quantitative estimate of drug-likeness (QED) is 0.321. The predicted octanol–water partition coefficient (Wildman–Crippen LogP) is 2.98. The van der Waals surface area contributed by atoms with Crippen LogP contribution in [0.4, 0.5) is 5.69 Å². The Balaban J connectivity index is 2.18. The van der Waals surface area contributed by atoms with Gasteiger partial charge in [0.2, 0.25) is 10.0 Å². The third-order valence-electron chi connectivity index (χ3n) is 3.63.